The number of furan rings is 1. The van der Waals surface area contributed by atoms with E-state index in [0.717, 1.165) is 5.39 Å². The second-order valence-corrected chi connectivity index (χ2v) is 5.29. The first-order chi connectivity index (χ1) is 8.41. The molecule has 0 bridgehead atoms. The third-order valence-electron chi connectivity index (χ3n) is 2.89. The fourth-order valence-electron chi connectivity index (χ4n) is 1.70. The highest BCUT2D eigenvalue weighted by Crippen LogP contribution is 2.25. The molecule has 0 atom stereocenters. The van der Waals surface area contributed by atoms with Crippen LogP contribution in [0.1, 0.15) is 30.8 Å². The maximum atomic E-state index is 12.1. The van der Waals surface area contributed by atoms with Crippen LogP contribution in [0.15, 0.2) is 28.7 Å². The van der Waals surface area contributed by atoms with Crippen molar-refractivity contribution in [1.82, 2.24) is 0 Å². The molecule has 0 spiro atoms. The Labute approximate surface area is 111 Å². The average Bonchev–Trinajstić information content (AvgIpc) is 2.71. The number of carbonyl (C=O) groups excluding carboxylic acids is 1. The van der Waals surface area contributed by atoms with E-state index >= 15 is 0 Å². The number of ketones is 1. The molecular formula is C14H15ClO3. The Kier molecular flexibility index (Phi) is 3.46. The van der Waals surface area contributed by atoms with Crippen molar-refractivity contribution in [2.45, 2.75) is 25.9 Å². The summed E-state index contributed by atoms with van der Waals surface area (Å²) in [5.74, 6) is 0.270. The van der Waals surface area contributed by atoms with Crippen molar-refractivity contribution in [2.24, 2.45) is 0 Å². The monoisotopic (exact) mass is 266 g/mol. The van der Waals surface area contributed by atoms with Gasteiger partial charge in [0.2, 0.25) is 5.78 Å². The molecule has 0 radical (unpaired) electrons. The van der Waals surface area contributed by atoms with Crippen molar-refractivity contribution < 1.29 is 13.9 Å². The smallest absolute Gasteiger partial charge is 0.200 e. The third-order valence-corrected chi connectivity index (χ3v) is 3.13. The number of hydrogen-bond donors (Lipinski definition) is 0. The molecule has 1 heterocycles. The molecule has 4 heteroatoms. The zero-order valence-corrected chi connectivity index (χ0v) is 11.4. The van der Waals surface area contributed by atoms with Gasteiger partial charge in [0.15, 0.2) is 5.76 Å². The minimum absolute atomic E-state index is 0.0748. The SMILES string of the molecule is COC(C)(C)CC(=O)c1cc2cc(Cl)ccc2o1. The van der Waals surface area contributed by atoms with Crippen LogP contribution in [-0.4, -0.2) is 18.5 Å². The molecule has 0 fully saturated rings. The molecule has 0 aliphatic heterocycles. The Balaban J connectivity index is 2.28. The van der Waals surface area contributed by atoms with Gasteiger partial charge in [0, 0.05) is 23.9 Å². The van der Waals surface area contributed by atoms with Crippen LogP contribution in [0.25, 0.3) is 11.0 Å². The van der Waals surface area contributed by atoms with Gasteiger partial charge in [-0.15, -0.1) is 0 Å². The van der Waals surface area contributed by atoms with Crippen molar-refractivity contribution in [2.75, 3.05) is 7.11 Å². The van der Waals surface area contributed by atoms with Crippen LogP contribution in [-0.2, 0) is 4.74 Å². The van der Waals surface area contributed by atoms with E-state index in [-0.39, 0.29) is 12.2 Å². The van der Waals surface area contributed by atoms with E-state index < -0.39 is 5.60 Å². The molecule has 3 nitrogen and oxygen atoms in total. The van der Waals surface area contributed by atoms with Crippen LogP contribution in [0, 0.1) is 0 Å². The quantitative estimate of drug-likeness (QED) is 0.783. The molecule has 0 unspecified atom stereocenters. The Morgan fingerprint density at radius 1 is 1.39 bits per heavy atom. The van der Waals surface area contributed by atoms with E-state index in [0.29, 0.717) is 16.4 Å². The highest BCUT2D eigenvalue weighted by molar-refractivity contribution is 6.31. The molecular weight excluding hydrogens is 252 g/mol. The Morgan fingerprint density at radius 3 is 2.78 bits per heavy atom. The largest absolute Gasteiger partial charge is 0.453 e. The average molecular weight is 267 g/mol. The van der Waals surface area contributed by atoms with Crippen LogP contribution in [0.2, 0.25) is 5.02 Å². The Bertz CT molecular complexity index is 584. The summed E-state index contributed by atoms with van der Waals surface area (Å²) in [6.45, 7) is 3.73. The van der Waals surface area contributed by atoms with Gasteiger partial charge < -0.3 is 9.15 Å². The van der Waals surface area contributed by atoms with Crippen molar-refractivity contribution in [3.8, 4) is 0 Å². The fraction of sp³-hybridized carbons (Fsp3) is 0.357. The number of benzene rings is 1. The van der Waals surface area contributed by atoms with Crippen molar-refractivity contribution in [3.05, 3.63) is 35.0 Å². The lowest BCUT2D eigenvalue weighted by Gasteiger charge is -2.20. The van der Waals surface area contributed by atoms with Crippen molar-refractivity contribution >= 4 is 28.4 Å². The van der Waals surface area contributed by atoms with Gasteiger partial charge in [0.05, 0.1) is 5.60 Å². The van der Waals surface area contributed by atoms with Crippen molar-refractivity contribution in [3.63, 3.8) is 0 Å². The lowest BCUT2D eigenvalue weighted by atomic mass is 10.0. The summed E-state index contributed by atoms with van der Waals surface area (Å²) in [6, 6.07) is 6.99. The number of fused-ring (bicyclic) bond motifs is 1. The molecule has 0 N–H and O–H groups in total. The summed E-state index contributed by atoms with van der Waals surface area (Å²) in [7, 11) is 1.59. The van der Waals surface area contributed by atoms with Crippen LogP contribution in [0.5, 0.6) is 0 Å². The Hall–Kier alpha value is -1.32. The minimum atomic E-state index is -0.492. The van der Waals surface area contributed by atoms with Gasteiger partial charge in [0.1, 0.15) is 5.58 Å². The van der Waals surface area contributed by atoms with E-state index in [1.807, 2.05) is 13.8 Å². The summed E-state index contributed by atoms with van der Waals surface area (Å²) in [5, 5.41) is 1.46. The minimum Gasteiger partial charge on any atom is -0.453 e. The molecule has 1 aromatic carbocycles. The molecule has 0 aliphatic carbocycles. The molecule has 96 valence electrons. The summed E-state index contributed by atoms with van der Waals surface area (Å²) >= 11 is 5.89. The standard InChI is InChI=1S/C14H15ClO3/c1-14(2,17-3)8-11(16)13-7-9-6-10(15)4-5-12(9)18-13/h4-7H,8H2,1-3H3. The van der Waals surface area contributed by atoms with E-state index in [1.54, 1.807) is 31.4 Å². The topological polar surface area (TPSA) is 39.4 Å². The first kappa shape index (κ1) is 13.1. The van der Waals surface area contributed by atoms with Crippen LogP contribution >= 0.6 is 11.6 Å². The van der Waals surface area contributed by atoms with Gasteiger partial charge in [-0.25, -0.2) is 0 Å². The van der Waals surface area contributed by atoms with Gasteiger partial charge >= 0.3 is 0 Å². The highest BCUT2D eigenvalue weighted by Gasteiger charge is 2.24. The van der Waals surface area contributed by atoms with Gasteiger partial charge in [-0.05, 0) is 38.1 Å². The third kappa shape index (κ3) is 2.74. The zero-order valence-electron chi connectivity index (χ0n) is 10.6. The number of halogens is 1. The number of ether oxygens (including phenoxy) is 1. The molecule has 0 saturated carbocycles. The molecule has 1 aromatic heterocycles. The first-order valence-corrected chi connectivity index (χ1v) is 6.06. The molecule has 0 amide bonds. The van der Waals surface area contributed by atoms with Gasteiger partial charge in [-0.3, -0.25) is 4.79 Å². The van der Waals surface area contributed by atoms with Crippen LogP contribution < -0.4 is 0 Å². The Morgan fingerprint density at radius 2 is 2.11 bits per heavy atom. The van der Waals surface area contributed by atoms with E-state index in [4.69, 9.17) is 20.8 Å². The lowest BCUT2D eigenvalue weighted by Crippen LogP contribution is -2.26. The number of carbonyl (C=O) groups is 1. The fourth-order valence-corrected chi connectivity index (χ4v) is 1.88. The zero-order chi connectivity index (χ0) is 13.3. The maximum Gasteiger partial charge on any atom is 0.200 e. The lowest BCUT2D eigenvalue weighted by molar-refractivity contribution is 0.0164. The molecule has 0 aliphatic rings. The van der Waals surface area contributed by atoms with Gasteiger partial charge in [-0.1, -0.05) is 11.6 Å². The van der Waals surface area contributed by atoms with E-state index in [2.05, 4.69) is 0 Å². The maximum absolute atomic E-state index is 12.1. The number of hydrogen-bond acceptors (Lipinski definition) is 3. The summed E-state index contributed by atoms with van der Waals surface area (Å²) in [6.07, 6.45) is 0.275. The normalized spacial score (nSPS) is 12.0. The second-order valence-electron chi connectivity index (χ2n) is 4.86. The highest BCUT2D eigenvalue weighted by atomic mass is 35.5. The summed E-state index contributed by atoms with van der Waals surface area (Å²) in [5.41, 5.74) is 0.172. The molecule has 18 heavy (non-hydrogen) atoms. The number of Topliss-reactive ketones (excluding diaryl/α,β-unsaturated/α-hetero) is 1. The summed E-state index contributed by atoms with van der Waals surface area (Å²) < 4.78 is 10.8. The number of methoxy groups -OCH3 is 1. The van der Waals surface area contributed by atoms with E-state index in [9.17, 15) is 4.79 Å². The van der Waals surface area contributed by atoms with Crippen molar-refractivity contribution in [1.29, 1.82) is 0 Å². The molecule has 2 rings (SSSR count). The first-order valence-electron chi connectivity index (χ1n) is 5.69. The summed E-state index contributed by atoms with van der Waals surface area (Å²) in [4.78, 5) is 12.1. The number of rotatable bonds is 4. The van der Waals surface area contributed by atoms with Gasteiger partial charge in [0.25, 0.3) is 0 Å². The predicted octanol–water partition coefficient (Wildman–Crippen LogP) is 4.08. The predicted molar refractivity (Wildman–Crippen MR) is 71.3 cm³/mol. The van der Waals surface area contributed by atoms with Gasteiger partial charge in [-0.2, -0.15) is 0 Å². The molecule has 0 saturated heterocycles. The second kappa shape index (κ2) is 4.75. The van der Waals surface area contributed by atoms with Crippen LogP contribution in [0.3, 0.4) is 0 Å². The van der Waals surface area contributed by atoms with E-state index in [1.165, 1.54) is 0 Å². The van der Waals surface area contributed by atoms with Crippen LogP contribution in [0.4, 0.5) is 0 Å². The molecule has 2 aromatic rings.